The first-order valence-electron chi connectivity index (χ1n) is 9.16. The first kappa shape index (κ1) is 15.2. The third kappa shape index (κ3) is 2.23. The van der Waals surface area contributed by atoms with Gasteiger partial charge in [0.1, 0.15) is 15.9 Å². The highest BCUT2D eigenvalue weighted by atomic mass is 32.1. The molecule has 0 radical (unpaired) electrons. The molecule has 1 aliphatic rings. The van der Waals surface area contributed by atoms with Crippen molar-refractivity contribution in [1.82, 2.24) is 24.6 Å². The predicted molar refractivity (Wildman–Crippen MR) is 107 cm³/mol. The normalized spacial score (nSPS) is 19.3. The van der Waals surface area contributed by atoms with Crippen molar-refractivity contribution in [3.05, 3.63) is 65.4 Å². The number of rotatable bonds is 2. The molecule has 4 aromatic heterocycles. The fourth-order valence-corrected chi connectivity index (χ4v) is 5.32. The largest absolute Gasteiger partial charge is 0.242 e. The van der Waals surface area contributed by atoms with Crippen molar-refractivity contribution in [3.8, 4) is 0 Å². The molecule has 27 heavy (non-hydrogen) atoms. The lowest BCUT2D eigenvalue weighted by Gasteiger charge is -1.98. The van der Waals surface area contributed by atoms with Gasteiger partial charge in [0.25, 0.3) is 0 Å². The lowest BCUT2D eigenvalue weighted by atomic mass is 10.1. The number of thiophene rings is 1. The SMILES string of the molecule is Cc1cc(C)c2c(n1)sc1c2ncn2nc([C@@H]3C[C@H]3c3ccccc3)nc12. The number of fused-ring (bicyclic) bond motifs is 5. The Bertz CT molecular complexity index is 1330. The highest BCUT2D eigenvalue weighted by Crippen LogP contribution is 2.53. The Hall–Kier alpha value is -2.86. The van der Waals surface area contributed by atoms with Gasteiger partial charge in [0.05, 0.1) is 5.52 Å². The molecule has 0 N–H and O–H groups in total. The summed E-state index contributed by atoms with van der Waals surface area (Å²) in [7, 11) is 0. The van der Waals surface area contributed by atoms with Crippen LogP contribution in [0.15, 0.2) is 42.7 Å². The maximum Gasteiger partial charge on any atom is 0.176 e. The van der Waals surface area contributed by atoms with E-state index in [-0.39, 0.29) is 0 Å². The number of aromatic nitrogens is 5. The van der Waals surface area contributed by atoms with Crippen molar-refractivity contribution >= 4 is 37.4 Å². The average molecular weight is 371 g/mol. The van der Waals surface area contributed by atoms with Crippen molar-refractivity contribution in [2.75, 3.05) is 0 Å². The maximum absolute atomic E-state index is 4.92. The molecule has 6 heteroatoms. The van der Waals surface area contributed by atoms with Crippen LogP contribution in [0.2, 0.25) is 0 Å². The molecule has 5 aromatic rings. The van der Waals surface area contributed by atoms with E-state index in [2.05, 4.69) is 48.3 Å². The van der Waals surface area contributed by atoms with Gasteiger partial charge >= 0.3 is 0 Å². The summed E-state index contributed by atoms with van der Waals surface area (Å²) in [6, 6.07) is 12.8. The Balaban J connectivity index is 1.50. The molecule has 0 saturated heterocycles. The van der Waals surface area contributed by atoms with E-state index in [1.165, 1.54) is 11.1 Å². The van der Waals surface area contributed by atoms with E-state index >= 15 is 0 Å². The topological polar surface area (TPSA) is 56.0 Å². The second-order valence-corrected chi connectivity index (χ2v) is 8.38. The van der Waals surface area contributed by atoms with Crippen molar-refractivity contribution in [1.29, 1.82) is 0 Å². The summed E-state index contributed by atoms with van der Waals surface area (Å²) in [4.78, 5) is 15.3. The highest BCUT2D eigenvalue weighted by Gasteiger charge is 2.42. The smallest absolute Gasteiger partial charge is 0.176 e. The van der Waals surface area contributed by atoms with Gasteiger partial charge in [0.2, 0.25) is 0 Å². The van der Waals surface area contributed by atoms with Gasteiger partial charge in [0.15, 0.2) is 11.5 Å². The number of benzene rings is 1. The van der Waals surface area contributed by atoms with Crippen LogP contribution in [0, 0.1) is 13.8 Å². The summed E-state index contributed by atoms with van der Waals surface area (Å²) < 4.78 is 2.90. The summed E-state index contributed by atoms with van der Waals surface area (Å²) in [5, 5.41) is 5.88. The molecule has 0 spiro atoms. The van der Waals surface area contributed by atoms with Crippen molar-refractivity contribution in [2.45, 2.75) is 32.1 Å². The number of hydrogen-bond donors (Lipinski definition) is 0. The Kier molecular flexibility index (Phi) is 3.00. The summed E-state index contributed by atoms with van der Waals surface area (Å²) in [5.41, 5.74) is 5.51. The second kappa shape index (κ2) is 5.33. The van der Waals surface area contributed by atoms with Crippen molar-refractivity contribution in [2.24, 2.45) is 0 Å². The van der Waals surface area contributed by atoms with Crippen LogP contribution in [-0.2, 0) is 0 Å². The standard InChI is InChI=1S/C21H17N5S/c1-11-8-12(2)23-21-16(11)17-18(27-21)20-24-19(25-26(20)10-22-17)15-9-14(15)13-6-4-3-5-7-13/h3-8,10,14-15H,9H2,1-2H3/t14-,15+/m0/s1. The third-order valence-electron chi connectivity index (χ3n) is 5.46. The van der Waals surface area contributed by atoms with Crippen LogP contribution in [0.5, 0.6) is 0 Å². The Morgan fingerprint density at radius 1 is 1.07 bits per heavy atom. The lowest BCUT2D eigenvalue weighted by molar-refractivity contribution is 0.850. The molecule has 2 atom stereocenters. The van der Waals surface area contributed by atoms with Gasteiger partial charge in [-0.15, -0.1) is 16.4 Å². The first-order valence-corrected chi connectivity index (χ1v) is 9.97. The van der Waals surface area contributed by atoms with Crippen LogP contribution in [0.4, 0.5) is 0 Å². The van der Waals surface area contributed by atoms with Gasteiger partial charge in [-0.25, -0.2) is 19.5 Å². The zero-order chi connectivity index (χ0) is 18.1. The Morgan fingerprint density at radius 3 is 2.78 bits per heavy atom. The van der Waals surface area contributed by atoms with E-state index in [4.69, 9.17) is 15.1 Å². The van der Waals surface area contributed by atoms with Crippen LogP contribution >= 0.6 is 11.3 Å². The quantitative estimate of drug-likeness (QED) is 0.448. The molecule has 132 valence electrons. The summed E-state index contributed by atoms with van der Waals surface area (Å²) in [6.45, 7) is 4.16. The molecule has 0 amide bonds. The second-order valence-electron chi connectivity index (χ2n) is 7.38. The zero-order valence-electron chi connectivity index (χ0n) is 15.0. The van der Waals surface area contributed by atoms with Gasteiger partial charge in [-0.1, -0.05) is 30.3 Å². The fraction of sp³-hybridized carbons (Fsp3) is 0.238. The first-order chi connectivity index (χ1) is 13.2. The van der Waals surface area contributed by atoms with E-state index < -0.39 is 0 Å². The van der Waals surface area contributed by atoms with Crippen LogP contribution in [0.1, 0.15) is 40.9 Å². The van der Waals surface area contributed by atoms with Gasteiger partial charge < -0.3 is 0 Å². The maximum atomic E-state index is 4.92. The van der Waals surface area contributed by atoms with Crippen molar-refractivity contribution in [3.63, 3.8) is 0 Å². The molecule has 0 bridgehead atoms. The molecule has 1 saturated carbocycles. The summed E-state index contributed by atoms with van der Waals surface area (Å²) >= 11 is 1.67. The minimum absolute atomic E-state index is 0.402. The molecule has 6 rings (SSSR count). The number of hydrogen-bond acceptors (Lipinski definition) is 5. The van der Waals surface area contributed by atoms with Gasteiger partial charge in [-0.2, -0.15) is 0 Å². The number of pyridine rings is 1. The number of aryl methyl sites for hydroxylation is 2. The molecular formula is C21H17N5S. The lowest BCUT2D eigenvalue weighted by Crippen LogP contribution is -1.91. The van der Waals surface area contributed by atoms with Crippen molar-refractivity contribution < 1.29 is 0 Å². The zero-order valence-corrected chi connectivity index (χ0v) is 15.9. The fourth-order valence-electron chi connectivity index (χ4n) is 4.09. The molecular weight excluding hydrogens is 354 g/mol. The van der Waals surface area contributed by atoms with Crippen LogP contribution in [0.3, 0.4) is 0 Å². The monoisotopic (exact) mass is 371 g/mol. The van der Waals surface area contributed by atoms with Crippen LogP contribution in [0.25, 0.3) is 26.1 Å². The highest BCUT2D eigenvalue weighted by molar-refractivity contribution is 7.26. The number of nitrogens with zero attached hydrogens (tertiary/aromatic N) is 5. The molecule has 5 nitrogen and oxygen atoms in total. The minimum Gasteiger partial charge on any atom is -0.242 e. The average Bonchev–Trinajstić information content (AvgIpc) is 3.19. The predicted octanol–water partition coefficient (Wildman–Crippen LogP) is 4.78. The molecule has 1 aromatic carbocycles. The summed E-state index contributed by atoms with van der Waals surface area (Å²) in [6.07, 6.45) is 2.91. The van der Waals surface area contributed by atoms with E-state index in [9.17, 15) is 0 Å². The van der Waals surface area contributed by atoms with Gasteiger partial charge in [0, 0.05) is 17.0 Å². The van der Waals surface area contributed by atoms with Gasteiger partial charge in [-0.3, -0.25) is 0 Å². The molecule has 1 aliphatic carbocycles. The summed E-state index contributed by atoms with van der Waals surface area (Å²) in [5.74, 6) is 1.86. The van der Waals surface area contributed by atoms with E-state index in [1.807, 2.05) is 11.4 Å². The Labute approximate surface area is 159 Å². The molecule has 4 heterocycles. The van der Waals surface area contributed by atoms with Gasteiger partial charge in [-0.05, 0) is 43.4 Å². The van der Waals surface area contributed by atoms with E-state index in [0.717, 1.165) is 44.0 Å². The minimum atomic E-state index is 0.402. The van der Waals surface area contributed by atoms with Crippen LogP contribution in [-0.4, -0.2) is 24.6 Å². The van der Waals surface area contributed by atoms with E-state index in [1.54, 1.807) is 17.7 Å². The molecule has 1 fully saturated rings. The molecule has 0 unspecified atom stereocenters. The molecule has 0 aliphatic heterocycles. The third-order valence-corrected chi connectivity index (χ3v) is 6.53. The Morgan fingerprint density at radius 2 is 1.93 bits per heavy atom. The van der Waals surface area contributed by atoms with E-state index in [0.29, 0.717) is 11.8 Å². The van der Waals surface area contributed by atoms with Crippen LogP contribution < -0.4 is 0 Å².